The van der Waals surface area contributed by atoms with Crippen molar-refractivity contribution in [2.45, 2.75) is 19.0 Å². The molecule has 0 saturated heterocycles. The quantitative estimate of drug-likeness (QED) is 0.886. The van der Waals surface area contributed by atoms with Crippen LogP contribution in [0.1, 0.15) is 18.1 Å². The van der Waals surface area contributed by atoms with Gasteiger partial charge < -0.3 is 10.5 Å². The second kappa shape index (κ2) is 6.74. The van der Waals surface area contributed by atoms with Crippen molar-refractivity contribution in [2.75, 3.05) is 20.7 Å². The average molecular weight is 284 g/mol. The van der Waals surface area contributed by atoms with Crippen LogP contribution in [0, 0.1) is 0 Å². The normalized spacial score (nSPS) is 14.0. The third-order valence-corrected chi connectivity index (χ3v) is 3.64. The molecule has 1 unspecified atom stereocenters. The van der Waals surface area contributed by atoms with Gasteiger partial charge in [-0.1, -0.05) is 42.5 Å². The number of methoxy groups -OCH3 is 1. The molecule has 21 heavy (non-hydrogen) atoms. The lowest BCUT2D eigenvalue weighted by molar-refractivity contribution is 0.253. The number of hydrogen-bond acceptors (Lipinski definition) is 3. The fraction of sp³-hybridized carbons (Fsp3) is 0.333. The zero-order valence-corrected chi connectivity index (χ0v) is 13.0. The molecule has 0 bridgehead atoms. The number of likely N-dealkylation sites (N-methyl/N-ethyl adjacent to an activating group) is 1. The maximum absolute atomic E-state index is 6.48. The van der Waals surface area contributed by atoms with Gasteiger partial charge in [-0.3, -0.25) is 4.90 Å². The summed E-state index contributed by atoms with van der Waals surface area (Å²) in [5.41, 5.74) is 8.53. The van der Waals surface area contributed by atoms with Crippen LogP contribution in [0.15, 0.2) is 54.6 Å². The van der Waals surface area contributed by atoms with Gasteiger partial charge in [0.25, 0.3) is 0 Å². The summed E-state index contributed by atoms with van der Waals surface area (Å²) in [6, 6.07) is 18.4. The molecule has 0 aliphatic heterocycles. The van der Waals surface area contributed by atoms with Gasteiger partial charge in [-0.25, -0.2) is 0 Å². The molecule has 0 aromatic heterocycles. The van der Waals surface area contributed by atoms with Crippen LogP contribution in [0.5, 0.6) is 5.75 Å². The fourth-order valence-corrected chi connectivity index (χ4v) is 2.57. The van der Waals surface area contributed by atoms with Gasteiger partial charge in [-0.2, -0.15) is 0 Å². The Kier molecular flexibility index (Phi) is 4.99. The molecular formula is C18H24N2O. The second-order valence-corrected chi connectivity index (χ2v) is 5.80. The first-order chi connectivity index (χ1) is 10.0. The first kappa shape index (κ1) is 15.5. The van der Waals surface area contributed by atoms with Gasteiger partial charge in [0, 0.05) is 13.1 Å². The predicted molar refractivity (Wildman–Crippen MR) is 87.3 cm³/mol. The van der Waals surface area contributed by atoms with E-state index >= 15 is 0 Å². The molecule has 2 N–H and O–H groups in total. The van der Waals surface area contributed by atoms with Gasteiger partial charge in [0.15, 0.2) is 0 Å². The summed E-state index contributed by atoms with van der Waals surface area (Å²) in [5.74, 6) is 0.884. The van der Waals surface area contributed by atoms with Gasteiger partial charge in [0.1, 0.15) is 5.75 Å². The van der Waals surface area contributed by atoms with Crippen molar-refractivity contribution >= 4 is 0 Å². The number of hydrogen-bond donors (Lipinski definition) is 1. The van der Waals surface area contributed by atoms with Gasteiger partial charge in [-0.05, 0) is 37.2 Å². The summed E-state index contributed by atoms with van der Waals surface area (Å²) in [6.45, 7) is 3.74. The molecule has 3 heteroatoms. The lowest BCUT2D eigenvalue weighted by Crippen LogP contribution is -2.43. The SMILES string of the molecule is COc1ccc(CN(C)CC(C)(N)c2ccccc2)cc1. The molecule has 0 saturated carbocycles. The Balaban J connectivity index is 1.98. The van der Waals surface area contributed by atoms with E-state index in [0.717, 1.165) is 24.4 Å². The molecular weight excluding hydrogens is 260 g/mol. The predicted octanol–water partition coefficient (Wildman–Crippen LogP) is 3.00. The zero-order chi connectivity index (χ0) is 15.3. The van der Waals surface area contributed by atoms with Crippen LogP contribution < -0.4 is 10.5 Å². The minimum absolute atomic E-state index is 0.359. The lowest BCUT2D eigenvalue weighted by Gasteiger charge is -2.30. The zero-order valence-electron chi connectivity index (χ0n) is 13.0. The molecule has 0 spiro atoms. The third-order valence-electron chi connectivity index (χ3n) is 3.64. The van der Waals surface area contributed by atoms with Crippen molar-refractivity contribution in [3.05, 3.63) is 65.7 Å². The summed E-state index contributed by atoms with van der Waals surface area (Å²) >= 11 is 0. The average Bonchev–Trinajstić information content (AvgIpc) is 2.48. The first-order valence-electron chi connectivity index (χ1n) is 7.17. The molecule has 112 valence electrons. The van der Waals surface area contributed by atoms with Crippen molar-refractivity contribution in [3.8, 4) is 5.75 Å². The second-order valence-electron chi connectivity index (χ2n) is 5.80. The van der Waals surface area contributed by atoms with Gasteiger partial charge in [-0.15, -0.1) is 0 Å². The molecule has 0 amide bonds. The summed E-state index contributed by atoms with van der Waals surface area (Å²) in [5, 5.41) is 0. The third kappa shape index (κ3) is 4.31. The molecule has 0 radical (unpaired) electrons. The van der Waals surface area contributed by atoms with Crippen molar-refractivity contribution in [1.82, 2.24) is 4.90 Å². The topological polar surface area (TPSA) is 38.5 Å². The van der Waals surface area contributed by atoms with Gasteiger partial charge in [0.05, 0.1) is 12.6 Å². The Bertz CT molecular complexity index is 549. The molecule has 0 aliphatic carbocycles. The number of nitrogens with two attached hydrogens (primary N) is 1. The molecule has 2 aromatic carbocycles. The Labute approximate surface area is 127 Å². The lowest BCUT2D eigenvalue weighted by atomic mass is 9.92. The van der Waals surface area contributed by atoms with Crippen molar-refractivity contribution in [2.24, 2.45) is 5.73 Å². The molecule has 0 aliphatic rings. The van der Waals surface area contributed by atoms with Crippen molar-refractivity contribution in [1.29, 1.82) is 0 Å². The van der Waals surface area contributed by atoms with E-state index in [2.05, 4.69) is 43.1 Å². The standard InChI is InChI=1S/C18H24N2O/c1-18(19,16-7-5-4-6-8-16)14-20(2)13-15-9-11-17(21-3)12-10-15/h4-12H,13-14,19H2,1-3H3. The van der Waals surface area contributed by atoms with E-state index in [1.807, 2.05) is 30.3 Å². The highest BCUT2D eigenvalue weighted by Gasteiger charge is 2.22. The number of nitrogens with zero attached hydrogens (tertiary/aromatic N) is 1. The highest BCUT2D eigenvalue weighted by molar-refractivity contribution is 5.27. The van der Waals surface area contributed by atoms with E-state index in [1.54, 1.807) is 7.11 Å². The Morgan fingerprint density at radius 1 is 1.05 bits per heavy atom. The Hall–Kier alpha value is -1.84. The fourth-order valence-electron chi connectivity index (χ4n) is 2.57. The highest BCUT2D eigenvalue weighted by Crippen LogP contribution is 2.19. The summed E-state index contributed by atoms with van der Waals surface area (Å²) < 4.78 is 5.18. The Morgan fingerprint density at radius 2 is 1.67 bits per heavy atom. The number of benzene rings is 2. The molecule has 2 aromatic rings. The monoisotopic (exact) mass is 284 g/mol. The Morgan fingerprint density at radius 3 is 2.24 bits per heavy atom. The maximum atomic E-state index is 6.48. The van der Waals surface area contributed by atoms with E-state index in [-0.39, 0.29) is 5.54 Å². The number of rotatable bonds is 6. The van der Waals surface area contributed by atoms with Crippen LogP contribution in [0.3, 0.4) is 0 Å². The van der Waals surface area contributed by atoms with Crippen molar-refractivity contribution in [3.63, 3.8) is 0 Å². The van der Waals surface area contributed by atoms with E-state index in [0.29, 0.717) is 0 Å². The highest BCUT2D eigenvalue weighted by atomic mass is 16.5. The molecule has 0 heterocycles. The van der Waals surface area contributed by atoms with E-state index in [4.69, 9.17) is 10.5 Å². The summed E-state index contributed by atoms with van der Waals surface area (Å²) in [6.07, 6.45) is 0. The maximum Gasteiger partial charge on any atom is 0.118 e. The van der Waals surface area contributed by atoms with Crippen LogP contribution in [0.4, 0.5) is 0 Å². The minimum Gasteiger partial charge on any atom is -0.497 e. The molecule has 0 fully saturated rings. The summed E-state index contributed by atoms with van der Waals surface area (Å²) in [7, 11) is 3.78. The van der Waals surface area contributed by atoms with Crippen molar-refractivity contribution < 1.29 is 4.74 Å². The number of ether oxygens (including phenoxy) is 1. The van der Waals surface area contributed by atoms with Crippen LogP contribution >= 0.6 is 0 Å². The van der Waals surface area contributed by atoms with Crippen LogP contribution in [0.25, 0.3) is 0 Å². The smallest absolute Gasteiger partial charge is 0.118 e. The van der Waals surface area contributed by atoms with Crippen LogP contribution in [0.2, 0.25) is 0 Å². The largest absolute Gasteiger partial charge is 0.497 e. The van der Waals surface area contributed by atoms with Crippen LogP contribution in [-0.2, 0) is 12.1 Å². The van der Waals surface area contributed by atoms with Crippen LogP contribution in [-0.4, -0.2) is 25.6 Å². The van der Waals surface area contributed by atoms with E-state index in [1.165, 1.54) is 5.56 Å². The minimum atomic E-state index is -0.359. The van der Waals surface area contributed by atoms with Gasteiger partial charge >= 0.3 is 0 Å². The first-order valence-corrected chi connectivity index (χ1v) is 7.17. The molecule has 1 atom stereocenters. The van der Waals surface area contributed by atoms with E-state index < -0.39 is 0 Å². The molecule has 3 nitrogen and oxygen atoms in total. The van der Waals surface area contributed by atoms with Gasteiger partial charge in [0.2, 0.25) is 0 Å². The van der Waals surface area contributed by atoms with E-state index in [9.17, 15) is 0 Å². The molecule has 2 rings (SSSR count). The summed E-state index contributed by atoms with van der Waals surface area (Å²) in [4.78, 5) is 2.24.